The number of rotatable bonds is 2. The molecule has 0 spiro atoms. The second kappa shape index (κ2) is 3.55. The number of carbonyl (C=O) groups is 1. The van der Waals surface area contributed by atoms with Crippen molar-refractivity contribution in [3.63, 3.8) is 0 Å². The lowest BCUT2D eigenvalue weighted by atomic mass is 10.0. The fraction of sp³-hybridized carbons (Fsp3) is 0.364. The first-order valence-electron chi connectivity index (χ1n) is 4.60. The third-order valence-electron chi connectivity index (χ3n) is 2.57. The Hall–Kier alpha value is -1.55. The summed E-state index contributed by atoms with van der Waals surface area (Å²) in [6.45, 7) is 1.88. The first-order valence-corrected chi connectivity index (χ1v) is 4.60. The molecule has 1 aromatic carbocycles. The fourth-order valence-electron chi connectivity index (χ4n) is 1.80. The molecular weight excluding hydrogens is 196 g/mol. The van der Waals surface area contributed by atoms with Crippen LogP contribution in [-0.2, 0) is 9.47 Å². The third-order valence-corrected chi connectivity index (χ3v) is 2.57. The van der Waals surface area contributed by atoms with Crippen molar-refractivity contribution < 1.29 is 19.0 Å². The zero-order chi connectivity index (χ0) is 11.0. The number of ether oxygens (including phenoxy) is 3. The highest BCUT2D eigenvalue weighted by atomic mass is 16.7. The predicted molar refractivity (Wildman–Crippen MR) is 52.9 cm³/mol. The lowest BCUT2D eigenvalue weighted by molar-refractivity contribution is -0.0819. The maximum atomic E-state index is 11.4. The number of esters is 1. The normalized spacial score (nSPS) is 18.6. The van der Waals surface area contributed by atoms with Crippen molar-refractivity contribution in [3.8, 4) is 5.75 Å². The van der Waals surface area contributed by atoms with E-state index in [-0.39, 0.29) is 5.97 Å². The van der Waals surface area contributed by atoms with Crippen LogP contribution in [0.4, 0.5) is 0 Å². The van der Waals surface area contributed by atoms with Crippen molar-refractivity contribution in [2.75, 3.05) is 14.2 Å². The second-order valence-corrected chi connectivity index (χ2v) is 3.33. The molecule has 0 saturated heterocycles. The van der Waals surface area contributed by atoms with Crippen LogP contribution in [-0.4, -0.2) is 20.2 Å². The van der Waals surface area contributed by atoms with E-state index in [1.54, 1.807) is 19.2 Å². The van der Waals surface area contributed by atoms with Crippen molar-refractivity contribution in [1.29, 1.82) is 0 Å². The molecule has 1 aliphatic heterocycles. The van der Waals surface area contributed by atoms with Gasteiger partial charge in [-0.15, -0.1) is 0 Å². The number of carbonyl (C=O) groups excluding carboxylic acids is 1. The second-order valence-electron chi connectivity index (χ2n) is 3.33. The van der Waals surface area contributed by atoms with Crippen molar-refractivity contribution >= 4 is 5.97 Å². The van der Waals surface area contributed by atoms with Crippen LogP contribution in [0, 0.1) is 6.92 Å². The highest BCUT2D eigenvalue weighted by Crippen LogP contribution is 2.37. The van der Waals surface area contributed by atoms with Crippen LogP contribution in [0.15, 0.2) is 12.1 Å². The van der Waals surface area contributed by atoms with E-state index in [9.17, 15) is 4.79 Å². The maximum absolute atomic E-state index is 11.4. The van der Waals surface area contributed by atoms with Crippen molar-refractivity contribution in [2.45, 2.75) is 13.2 Å². The van der Waals surface area contributed by atoms with Gasteiger partial charge in [-0.3, -0.25) is 0 Å². The van der Waals surface area contributed by atoms with E-state index in [1.807, 2.05) is 6.92 Å². The van der Waals surface area contributed by atoms with Gasteiger partial charge in [-0.25, -0.2) is 4.79 Å². The molecule has 1 unspecified atom stereocenters. The van der Waals surface area contributed by atoms with E-state index < -0.39 is 6.29 Å². The molecule has 1 aliphatic rings. The zero-order valence-corrected chi connectivity index (χ0v) is 8.87. The molecule has 0 aliphatic carbocycles. The Morgan fingerprint density at radius 2 is 2.07 bits per heavy atom. The number of benzene rings is 1. The van der Waals surface area contributed by atoms with Crippen LogP contribution in [0.25, 0.3) is 0 Å². The Labute approximate surface area is 87.8 Å². The van der Waals surface area contributed by atoms with Gasteiger partial charge in [-0.2, -0.15) is 0 Å². The molecule has 0 aromatic heterocycles. The van der Waals surface area contributed by atoms with Crippen molar-refractivity contribution in [2.24, 2.45) is 0 Å². The van der Waals surface area contributed by atoms with Crippen LogP contribution in [0.5, 0.6) is 5.75 Å². The van der Waals surface area contributed by atoms with Gasteiger partial charge in [0.1, 0.15) is 5.75 Å². The van der Waals surface area contributed by atoms with Gasteiger partial charge in [-0.05, 0) is 19.1 Å². The smallest absolute Gasteiger partial charge is 0.341 e. The summed E-state index contributed by atoms with van der Waals surface area (Å²) in [5.74, 6) is 0.386. The highest BCUT2D eigenvalue weighted by molar-refractivity contribution is 5.94. The van der Waals surface area contributed by atoms with E-state index in [1.165, 1.54) is 7.11 Å². The van der Waals surface area contributed by atoms with Crippen molar-refractivity contribution in [3.05, 3.63) is 28.8 Å². The van der Waals surface area contributed by atoms with Gasteiger partial charge < -0.3 is 14.2 Å². The third kappa shape index (κ3) is 1.37. The monoisotopic (exact) mass is 208 g/mol. The van der Waals surface area contributed by atoms with Gasteiger partial charge >= 0.3 is 5.97 Å². The summed E-state index contributed by atoms with van der Waals surface area (Å²) in [5, 5.41) is 0. The summed E-state index contributed by atoms with van der Waals surface area (Å²) in [6, 6.07) is 3.45. The first-order chi connectivity index (χ1) is 7.19. The van der Waals surface area contributed by atoms with E-state index in [4.69, 9.17) is 14.2 Å². The van der Waals surface area contributed by atoms with E-state index in [0.29, 0.717) is 5.56 Å². The molecule has 4 heteroatoms. The Bertz CT molecular complexity index is 411. The molecule has 0 fully saturated rings. The van der Waals surface area contributed by atoms with Crippen molar-refractivity contribution in [1.82, 2.24) is 0 Å². The molecule has 1 atom stereocenters. The Morgan fingerprint density at radius 1 is 1.33 bits per heavy atom. The largest absolute Gasteiger partial charge is 0.496 e. The maximum Gasteiger partial charge on any atom is 0.341 e. The molecule has 0 radical (unpaired) electrons. The molecule has 4 nitrogen and oxygen atoms in total. The molecule has 1 aromatic rings. The molecule has 2 rings (SSSR count). The fourth-order valence-corrected chi connectivity index (χ4v) is 1.80. The quantitative estimate of drug-likeness (QED) is 0.695. The van der Waals surface area contributed by atoms with E-state index >= 15 is 0 Å². The minimum absolute atomic E-state index is 0.345. The summed E-state index contributed by atoms with van der Waals surface area (Å²) < 4.78 is 15.3. The zero-order valence-electron chi connectivity index (χ0n) is 8.87. The number of fused-ring (bicyclic) bond motifs is 1. The molecule has 1 heterocycles. The molecule has 0 N–H and O–H groups in total. The average Bonchev–Trinajstić information content (AvgIpc) is 2.57. The van der Waals surface area contributed by atoms with Gasteiger partial charge in [0.2, 0.25) is 6.29 Å². The lowest BCUT2D eigenvalue weighted by Gasteiger charge is -2.12. The SMILES string of the molecule is COc1ccc2c(c1C)C(OC)OC2=O. The Morgan fingerprint density at radius 3 is 2.67 bits per heavy atom. The van der Waals surface area contributed by atoms with E-state index in [0.717, 1.165) is 16.9 Å². The van der Waals surface area contributed by atoms with Gasteiger partial charge in [-0.1, -0.05) is 0 Å². The van der Waals surface area contributed by atoms with Crippen LogP contribution in [0.1, 0.15) is 27.8 Å². The summed E-state index contributed by atoms with van der Waals surface area (Å²) >= 11 is 0. The van der Waals surface area contributed by atoms with Crippen LogP contribution in [0.2, 0.25) is 0 Å². The molecular formula is C11H12O4. The minimum Gasteiger partial charge on any atom is -0.496 e. The summed E-state index contributed by atoms with van der Waals surface area (Å²) in [5.41, 5.74) is 2.20. The number of cyclic esters (lactones) is 1. The molecule has 0 amide bonds. The number of hydrogen-bond acceptors (Lipinski definition) is 4. The topological polar surface area (TPSA) is 44.8 Å². The van der Waals surface area contributed by atoms with Crippen LogP contribution < -0.4 is 4.74 Å². The Balaban J connectivity index is 2.60. The van der Waals surface area contributed by atoms with Crippen LogP contribution >= 0.6 is 0 Å². The molecule has 15 heavy (non-hydrogen) atoms. The Kier molecular flexibility index (Phi) is 2.36. The summed E-state index contributed by atoms with van der Waals surface area (Å²) in [4.78, 5) is 11.4. The van der Waals surface area contributed by atoms with Gasteiger partial charge in [0.15, 0.2) is 0 Å². The average molecular weight is 208 g/mol. The first kappa shape index (κ1) is 9.98. The molecule has 0 saturated carbocycles. The molecule has 80 valence electrons. The number of hydrogen-bond donors (Lipinski definition) is 0. The summed E-state index contributed by atoms with van der Waals surface area (Å²) in [7, 11) is 3.10. The van der Waals surface area contributed by atoms with Gasteiger partial charge in [0.05, 0.1) is 12.7 Å². The molecule has 0 bridgehead atoms. The predicted octanol–water partition coefficient (Wildman–Crippen LogP) is 1.82. The highest BCUT2D eigenvalue weighted by Gasteiger charge is 2.33. The van der Waals surface area contributed by atoms with Gasteiger partial charge in [0, 0.05) is 18.2 Å². The lowest BCUT2D eigenvalue weighted by Crippen LogP contribution is -2.02. The van der Waals surface area contributed by atoms with Crippen LogP contribution in [0.3, 0.4) is 0 Å². The summed E-state index contributed by atoms with van der Waals surface area (Å²) in [6.07, 6.45) is -0.609. The number of methoxy groups -OCH3 is 2. The van der Waals surface area contributed by atoms with Gasteiger partial charge in [0.25, 0.3) is 0 Å². The standard InChI is InChI=1S/C11H12O4/c1-6-8(13-2)5-4-7-9(6)11(14-3)15-10(7)12/h4-5,11H,1-3H3. The minimum atomic E-state index is -0.609. The van der Waals surface area contributed by atoms with E-state index in [2.05, 4.69) is 0 Å².